The summed E-state index contributed by atoms with van der Waals surface area (Å²) in [5.74, 6) is 0.107. The molecule has 2 aromatic carbocycles. The van der Waals surface area contributed by atoms with E-state index in [1.807, 2.05) is 30.3 Å². The monoisotopic (exact) mass is 432 g/mol. The Labute approximate surface area is 187 Å². The van der Waals surface area contributed by atoms with Crippen LogP contribution in [0, 0.1) is 0 Å². The largest absolute Gasteiger partial charge is 0.492 e. The van der Waals surface area contributed by atoms with Crippen LogP contribution in [0.25, 0.3) is 11.3 Å². The molecule has 0 atom stereocenters. The molecular formula is C24H28N6O2. The number of primary amides is 1. The SMILES string of the molecule is NCc1ncc(-c2cccc(OCCN3CCN(c4ccccc4)CC3)c2)nc1C(N)=O. The minimum atomic E-state index is -0.639. The van der Waals surface area contributed by atoms with Gasteiger partial charge in [0.2, 0.25) is 0 Å². The van der Waals surface area contributed by atoms with Crippen LogP contribution in [0.1, 0.15) is 16.2 Å². The van der Waals surface area contributed by atoms with Gasteiger partial charge in [-0.2, -0.15) is 0 Å². The van der Waals surface area contributed by atoms with Gasteiger partial charge >= 0.3 is 0 Å². The number of nitrogens with zero attached hydrogens (tertiary/aromatic N) is 4. The van der Waals surface area contributed by atoms with E-state index in [2.05, 4.69) is 44.0 Å². The van der Waals surface area contributed by atoms with Crippen molar-refractivity contribution in [2.24, 2.45) is 11.5 Å². The lowest BCUT2D eigenvalue weighted by Gasteiger charge is -2.36. The number of benzene rings is 2. The van der Waals surface area contributed by atoms with Gasteiger partial charge in [-0.05, 0) is 24.3 Å². The molecule has 8 nitrogen and oxygen atoms in total. The highest BCUT2D eigenvalue weighted by atomic mass is 16.5. The minimum absolute atomic E-state index is 0.103. The van der Waals surface area contributed by atoms with Crippen LogP contribution in [0.15, 0.2) is 60.8 Å². The van der Waals surface area contributed by atoms with Crippen molar-refractivity contribution in [3.05, 3.63) is 72.2 Å². The first kappa shape index (κ1) is 21.7. The summed E-state index contributed by atoms with van der Waals surface area (Å²) in [6.07, 6.45) is 1.60. The van der Waals surface area contributed by atoms with Gasteiger partial charge in [-0.1, -0.05) is 30.3 Å². The molecule has 32 heavy (non-hydrogen) atoms. The maximum Gasteiger partial charge on any atom is 0.269 e. The van der Waals surface area contributed by atoms with Crippen molar-refractivity contribution in [1.29, 1.82) is 0 Å². The van der Waals surface area contributed by atoms with E-state index in [1.165, 1.54) is 5.69 Å². The van der Waals surface area contributed by atoms with E-state index in [1.54, 1.807) is 6.20 Å². The smallest absolute Gasteiger partial charge is 0.269 e. The highest BCUT2D eigenvalue weighted by Gasteiger charge is 2.17. The van der Waals surface area contributed by atoms with Crippen molar-refractivity contribution in [2.45, 2.75) is 6.54 Å². The summed E-state index contributed by atoms with van der Waals surface area (Å²) in [4.78, 5) is 25.1. The number of piperazine rings is 1. The van der Waals surface area contributed by atoms with Gasteiger partial charge in [0.05, 0.1) is 17.6 Å². The molecule has 8 heteroatoms. The van der Waals surface area contributed by atoms with Crippen LogP contribution in [0.5, 0.6) is 5.75 Å². The molecule has 0 spiro atoms. The fourth-order valence-corrected chi connectivity index (χ4v) is 3.81. The number of carbonyl (C=O) groups excluding carboxylic acids is 1. The predicted molar refractivity (Wildman–Crippen MR) is 124 cm³/mol. The van der Waals surface area contributed by atoms with Crippen LogP contribution in [0.2, 0.25) is 0 Å². The molecule has 1 aromatic heterocycles. The summed E-state index contributed by atoms with van der Waals surface area (Å²) in [7, 11) is 0. The maximum atomic E-state index is 11.7. The number of ether oxygens (including phenoxy) is 1. The Kier molecular flexibility index (Phi) is 6.94. The second kappa shape index (κ2) is 10.2. The molecule has 2 heterocycles. The first-order valence-electron chi connectivity index (χ1n) is 10.8. The van der Waals surface area contributed by atoms with E-state index in [0.29, 0.717) is 18.0 Å². The third kappa shape index (κ3) is 5.22. The third-order valence-corrected chi connectivity index (χ3v) is 5.57. The van der Waals surface area contributed by atoms with E-state index < -0.39 is 5.91 Å². The predicted octanol–water partition coefficient (Wildman–Crippen LogP) is 1.90. The molecule has 166 valence electrons. The Bertz CT molecular complexity index is 1050. The Morgan fingerprint density at radius 3 is 2.53 bits per heavy atom. The Balaban J connectivity index is 1.31. The minimum Gasteiger partial charge on any atom is -0.492 e. The molecule has 4 rings (SSSR count). The summed E-state index contributed by atoms with van der Waals surface area (Å²) in [6.45, 7) is 5.62. The Morgan fingerprint density at radius 2 is 1.81 bits per heavy atom. The van der Waals surface area contributed by atoms with Crippen molar-refractivity contribution >= 4 is 11.6 Å². The van der Waals surface area contributed by atoms with Crippen LogP contribution in [-0.4, -0.2) is 60.1 Å². The van der Waals surface area contributed by atoms with E-state index >= 15 is 0 Å². The molecule has 1 aliphatic heterocycles. The molecule has 4 N–H and O–H groups in total. The number of rotatable bonds is 8. The topological polar surface area (TPSA) is 111 Å². The van der Waals surface area contributed by atoms with Crippen molar-refractivity contribution in [3.63, 3.8) is 0 Å². The Morgan fingerprint density at radius 1 is 1.03 bits per heavy atom. The molecule has 1 aliphatic rings. The lowest BCUT2D eigenvalue weighted by molar-refractivity contribution is 0.0994. The van der Waals surface area contributed by atoms with Crippen LogP contribution in [-0.2, 0) is 6.54 Å². The quantitative estimate of drug-likeness (QED) is 0.559. The van der Waals surface area contributed by atoms with Crippen LogP contribution in [0.3, 0.4) is 0 Å². The van der Waals surface area contributed by atoms with Gasteiger partial charge in [-0.15, -0.1) is 0 Å². The van der Waals surface area contributed by atoms with Gasteiger partial charge in [-0.25, -0.2) is 4.98 Å². The zero-order valence-corrected chi connectivity index (χ0v) is 18.0. The van der Waals surface area contributed by atoms with Crippen molar-refractivity contribution in [3.8, 4) is 17.0 Å². The number of nitrogens with two attached hydrogens (primary N) is 2. The number of carbonyl (C=O) groups is 1. The number of hydrogen-bond acceptors (Lipinski definition) is 7. The average Bonchev–Trinajstić information content (AvgIpc) is 2.85. The summed E-state index contributed by atoms with van der Waals surface area (Å²) >= 11 is 0. The molecule has 0 saturated carbocycles. The molecule has 0 radical (unpaired) electrons. The fraction of sp³-hybridized carbons (Fsp3) is 0.292. The molecule has 0 unspecified atom stereocenters. The van der Waals surface area contributed by atoms with Crippen molar-refractivity contribution in [2.75, 3.05) is 44.2 Å². The summed E-state index contributed by atoms with van der Waals surface area (Å²) < 4.78 is 5.99. The molecule has 0 bridgehead atoms. The highest BCUT2D eigenvalue weighted by molar-refractivity contribution is 5.92. The number of anilines is 1. The van der Waals surface area contributed by atoms with Crippen molar-refractivity contribution in [1.82, 2.24) is 14.9 Å². The number of aromatic nitrogens is 2. The van der Waals surface area contributed by atoms with Gasteiger partial charge in [0.25, 0.3) is 5.91 Å². The molecule has 1 fully saturated rings. The number of hydrogen-bond donors (Lipinski definition) is 2. The van der Waals surface area contributed by atoms with Crippen molar-refractivity contribution < 1.29 is 9.53 Å². The van der Waals surface area contributed by atoms with Gasteiger partial charge in [0.1, 0.15) is 12.4 Å². The lowest BCUT2D eigenvalue weighted by Crippen LogP contribution is -2.47. The summed E-state index contributed by atoms with van der Waals surface area (Å²) in [6, 6.07) is 18.1. The molecule has 3 aromatic rings. The zero-order valence-electron chi connectivity index (χ0n) is 18.0. The average molecular weight is 433 g/mol. The van der Waals surface area contributed by atoms with Gasteiger partial charge in [0, 0.05) is 50.5 Å². The fourth-order valence-electron chi connectivity index (χ4n) is 3.81. The summed E-state index contributed by atoms with van der Waals surface area (Å²) in [5, 5.41) is 0. The highest BCUT2D eigenvalue weighted by Crippen LogP contribution is 2.23. The van der Waals surface area contributed by atoms with Gasteiger partial charge in [0.15, 0.2) is 5.69 Å². The van der Waals surface area contributed by atoms with Gasteiger partial charge < -0.3 is 21.1 Å². The molecular weight excluding hydrogens is 404 g/mol. The second-order valence-corrected chi connectivity index (χ2v) is 7.66. The first-order valence-corrected chi connectivity index (χ1v) is 10.8. The lowest BCUT2D eigenvalue weighted by atomic mass is 10.1. The van der Waals surface area contributed by atoms with E-state index in [4.69, 9.17) is 16.2 Å². The number of amides is 1. The molecule has 0 aliphatic carbocycles. The standard InChI is InChI=1S/C24H28N6O2/c25-16-21-23(24(26)31)28-22(17-27-21)18-5-4-8-20(15-18)32-14-13-29-9-11-30(12-10-29)19-6-2-1-3-7-19/h1-8,15,17H,9-14,16,25H2,(H2,26,31). The number of para-hydroxylation sites is 1. The van der Waals surface area contributed by atoms with Crippen LogP contribution < -0.4 is 21.1 Å². The van der Waals surface area contributed by atoms with E-state index in [0.717, 1.165) is 44.0 Å². The van der Waals surface area contributed by atoms with Crippen LogP contribution in [0.4, 0.5) is 5.69 Å². The van der Waals surface area contributed by atoms with Crippen LogP contribution >= 0.6 is 0 Å². The van der Waals surface area contributed by atoms with E-state index in [-0.39, 0.29) is 12.2 Å². The summed E-state index contributed by atoms with van der Waals surface area (Å²) in [5.41, 5.74) is 14.2. The van der Waals surface area contributed by atoms with E-state index in [9.17, 15) is 4.79 Å². The second-order valence-electron chi connectivity index (χ2n) is 7.66. The third-order valence-electron chi connectivity index (χ3n) is 5.57. The zero-order chi connectivity index (χ0) is 22.3. The first-order chi connectivity index (χ1) is 15.6. The molecule has 1 amide bonds. The molecule has 1 saturated heterocycles. The Hall–Kier alpha value is -3.49. The van der Waals surface area contributed by atoms with Gasteiger partial charge in [-0.3, -0.25) is 14.7 Å². The normalized spacial score (nSPS) is 14.3. The maximum absolute atomic E-state index is 11.7.